The molecule has 0 saturated carbocycles. The molecule has 0 aliphatic heterocycles. The molecule has 4 nitrogen and oxygen atoms in total. The number of hydrogen-bond acceptors (Lipinski definition) is 2. The highest BCUT2D eigenvalue weighted by atomic mass is 16.4. The molecule has 0 heterocycles. The highest BCUT2D eigenvalue weighted by molar-refractivity contribution is 6.04. The molecule has 0 bridgehead atoms. The fraction of sp³-hybridized carbons (Fsp3) is 0.333. The summed E-state index contributed by atoms with van der Waals surface area (Å²) in [6, 6.07) is 7.25. The van der Waals surface area contributed by atoms with Crippen molar-refractivity contribution in [3.8, 4) is 0 Å². The summed E-state index contributed by atoms with van der Waals surface area (Å²) in [4.78, 5) is 22.4. The molecule has 1 aromatic rings. The van der Waals surface area contributed by atoms with E-state index in [2.05, 4.69) is 5.32 Å². The van der Waals surface area contributed by atoms with Gasteiger partial charge in [-0.2, -0.15) is 0 Å². The van der Waals surface area contributed by atoms with Crippen molar-refractivity contribution in [2.75, 3.05) is 5.32 Å². The van der Waals surface area contributed by atoms with Crippen molar-refractivity contribution in [3.63, 3.8) is 0 Å². The lowest BCUT2D eigenvalue weighted by Gasteiger charge is -2.10. The Balaban J connectivity index is 2.74. The standard InChI is InChI=1S/C12H15NO3/c1-3-10(12(15)16)11(14)13-9-6-4-5-8(2)7-9/h4-7,10H,3H2,1-2H3,(H,13,14)(H,15,16). The molecule has 1 amide bonds. The second-order valence-electron chi connectivity index (χ2n) is 3.66. The van der Waals surface area contributed by atoms with E-state index in [9.17, 15) is 9.59 Å². The van der Waals surface area contributed by atoms with Crippen LogP contribution < -0.4 is 5.32 Å². The van der Waals surface area contributed by atoms with Crippen LogP contribution in [0.3, 0.4) is 0 Å². The summed E-state index contributed by atoms with van der Waals surface area (Å²) in [6.45, 7) is 3.58. The maximum Gasteiger partial charge on any atom is 0.316 e. The fourth-order valence-electron chi connectivity index (χ4n) is 1.42. The summed E-state index contributed by atoms with van der Waals surface area (Å²) in [6.07, 6.45) is 0.285. The van der Waals surface area contributed by atoms with Crippen LogP contribution in [-0.2, 0) is 9.59 Å². The van der Waals surface area contributed by atoms with Gasteiger partial charge in [-0.1, -0.05) is 19.1 Å². The zero-order valence-electron chi connectivity index (χ0n) is 9.36. The molecule has 0 radical (unpaired) electrons. The molecule has 0 saturated heterocycles. The molecular weight excluding hydrogens is 206 g/mol. The fourth-order valence-corrected chi connectivity index (χ4v) is 1.42. The summed E-state index contributed by atoms with van der Waals surface area (Å²) in [7, 11) is 0. The molecular formula is C12H15NO3. The number of carbonyl (C=O) groups is 2. The third-order valence-electron chi connectivity index (χ3n) is 2.31. The van der Waals surface area contributed by atoms with Gasteiger partial charge in [-0.05, 0) is 31.0 Å². The van der Waals surface area contributed by atoms with Gasteiger partial charge in [-0.25, -0.2) is 0 Å². The minimum absolute atomic E-state index is 0.285. The molecule has 2 N–H and O–H groups in total. The highest BCUT2D eigenvalue weighted by Gasteiger charge is 2.23. The predicted molar refractivity (Wildman–Crippen MR) is 61.2 cm³/mol. The number of anilines is 1. The number of carbonyl (C=O) groups excluding carboxylic acids is 1. The largest absolute Gasteiger partial charge is 0.481 e. The summed E-state index contributed by atoms with van der Waals surface area (Å²) in [5.74, 6) is -2.55. The van der Waals surface area contributed by atoms with E-state index in [0.717, 1.165) is 5.56 Å². The van der Waals surface area contributed by atoms with Crippen molar-refractivity contribution < 1.29 is 14.7 Å². The van der Waals surface area contributed by atoms with Crippen molar-refractivity contribution in [2.24, 2.45) is 5.92 Å². The smallest absolute Gasteiger partial charge is 0.316 e. The Morgan fingerprint density at radius 3 is 2.62 bits per heavy atom. The van der Waals surface area contributed by atoms with Crippen molar-refractivity contribution in [2.45, 2.75) is 20.3 Å². The quantitative estimate of drug-likeness (QED) is 0.764. The lowest BCUT2D eigenvalue weighted by atomic mass is 10.1. The maximum absolute atomic E-state index is 11.6. The van der Waals surface area contributed by atoms with Gasteiger partial charge < -0.3 is 10.4 Å². The van der Waals surface area contributed by atoms with E-state index in [1.807, 2.05) is 19.1 Å². The molecule has 0 spiro atoms. The van der Waals surface area contributed by atoms with E-state index in [1.165, 1.54) is 0 Å². The molecule has 1 unspecified atom stereocenters. The number of hydrogen-bond donors (Lipinski definition) is 2. The van der Waals surface area contributed by atoms with Gasteiger partial charge in [-0.15, -0.1) is 0 Å². The molecule has 0 aromatic heterocycles. The van der Waals surface area contributed by atoms with Crippen LogP contribution in [0.4, 0.5) is 5.69 Å². The van der Waals surface area contributed by atoms with Crippen molar-refractivity contribution in [1.29, 1.82) is 0 Å². The monoisotopic (exact) mass is 221 g/mol. The minimum Gasteiger partial charge on any atom is -0.481 e. The molecule has 1 atom stereocenters. The third-order valence-corrected chi connectivity index (χ3v) is 2.31. The highest BCUT2D eigenvalue weighted by Crippen LogP contribution is 2.12. The summed E-state index contributed by atoms with van der Waals surface area (Å²) in [5, 5.41) is 11.4. The first-order valence-electron chi connectivity index (χ1n) is 5.15. The zero-order chi connectivity index (χ0) is 12.1. The minimum atomic E-state index is -1.09. The summed E-state index contributed by atoms with van der Waals surface area (Å²) < 4.78 is 0. The second kappa shape index (κ2) is 5.30. The second-order valence-corrected chi connectivity index (χ2v) is 3.66. The van der Waals surface area contributed by atoms with Gasteiger partial charge in [0, 0.05) is 5.69 Å². The van der Waals surface area contributed by atoms with Gasteiger partial charge in [0.15, 0.2) is 0 Å². The Kier molecular flexibility index (Phi) is 4.05. The number of nitrogens with one attached hydrogen (secondary N) is 1. The topological polar surface area (TPSA) is 66.4 Å². The molecule has 0 fully saturated rings. The number of amides is 1. The number of benzene rings is 1. The Labute approximate surface area is 94.3 Å². The SMILES string of the molecule is CCC(C(=O)O)C(=O)Nc1cccc(C)c1. The van der Waals surface area contributed by atoms with Crippen molar-refractivity contribution in [1.82, 2.24) is 0 Å². The molecule has 0 aliphatic rings. The van der Waals surface area contributed by atoms with Crippen molar-refractivity contribution >= 4 is 17.6 Å². The van der Waals surface area contributed by atoms with Crippen LogP contribution in [-0.4, -0.2) is 17.0 Å². The average molecular weight is 221 g/mol. The van der Waals surface area contributed by atoms with Crippen LogP contribution in [0.2, 0.25) is 0 Å². The molecule has 1 aromatic carbocycles. The Morgan fingerprint density at radius 1 is 1.44 bits per heavy atom. The van der Waals surface area contributed by atoms with Crippen LogP contribution in [0.1, 0.15) is 18.9 Å². The lowest BCUT2D eigenvalue weighted by molar-refractivity contribution is -0.145. The number of carboxylic acids is 1. The van der Waals surface area contributed by atoms with E-state index in [1.54, 1.807) is 19.1 Å². The van der Waals surface area contributed by atoms with Crippen LogP contribution in [0.25, 0.3) is 0 Å². The molecule has 16 heavy (non-hydrogen) atoms. The van der Waals surface area contributed by atoms with Gasteiger partial charge in [0.05, 0.1) is 0 Å². The third kappa shape index (κ3) is 3.08. The van der Waals surface area contributed by atoms with E-state index >= 15 is 0 Å². The van der Waals surface area contributed by atoms with E-state index in [0.29, 0.717) is 5.69 Å². The first-order chi connectivity index (χ1) is 7.54. The lowest BCUT2D eigenvalue weighted by Crippen LogP contribution is -2.28. The average Bonchev–Trinajstić information content (AvgIpc) is 2.17. The van der Waals surface area contributed by atoms with Gasteiger partial charge in [0.1, 0.15) is 5.92 Å². The Morgan fingerprint density at radius 2 is 2.12 bits per heavy atom. The number of aryl methyl sites for hydroxylation is 1. The molecule has 4 heteroatoms. The summed E-state index contributed by atoms with van der Waals surface area (Å²) in [5.41, 5.74) is 1.64. The van der Waals surface area contributed by atoms with E-state index < -0.39 is 17.8 Å². The summed E-state index contributed by atoms with van der Waals surface area (Å²) >= 11 is 0. The van der Waals surface area contributed by atoms with Crippen LogP contribution in [0.5, 0.6) is 0 Å². The zero-order valence-corrected chi connectivity index (χ0v) is 9.36. The molecule has 86 valence electrons. The molecule has 1 rings (SSSR count). The first-order valence-corrected chi connectivity index (χ1v) is 5.15. The van der Waals surface area contributed by atoms with E-state index in [-0.39, 0.29) is 6.42 Å². The number of carboxylic acid groups (broad SMARTS) is 1. The van der Waals surface area contributed by atoms with E-state index in [4.69, 9.17) is 5.11 Å². The van der Waals surface area contributed by atoms with Crippen molar-refractivity contribution in [3.05, 3.63) is 29.8 Å². The van der Waals surface area contributed by atoms with Gasteiger partial charge >= 0.3 is 5.97 Å². The normalized spacial score (nSPS) is 11.9. The van der Waals surface area contributed by atoms with Gasteiger partial charge in [-0.3, -0.25) is 9.59 Å². The van der Waals surface area contributed by atoms with Crippen LogP contribution in [0, 0.1) is 12.8 Å². The Hall–Kier alpha value is -1.84. The number of rotatable bonds is 4. The van der Waals surface area contributed by atoms with Crippen LogP contribution >= 0.6 is 0 Å². The maximum atomic E-state index is 11.6. The predicted octanol–water partition coefficient (Wildman–Crippen LogP) is 2.04. The van der Waals surface area contributed by atoms with Gasteiger partial charge in [0.2, 0.25) is 5.91 Å². The Bertz CT molecular complexity index is 401. The first kappa shape index (κ1) is 12.2. The van der Waals surface area contributed by atoms with Gasteiger partial charge in [0.25, 0.3) is 0 Å². The van der Waals surface area contributed by atoms with Crippen LogP contribution in [0.15, 0.2) is 24.3 Å². The number of aliphatic carboxylic acids is 1. The molecule has 0 aliphatic carbocycles.